The zero-order chi connectivity index (χ0) is 25.2. The molecule has 0 amide bonds. The summed E-state index contributed by atoms with van der Waals surface area (Å²) < 4.78 is 11.3. The molecule has 1 saturated carbocycles. The molecule has 188 valence electrons. The van der Waals surface area contributed by atoms with Crippen molar-refractivity contribution in [3.8, 4) is 28.0 Å². The Morgan fingerprint density at radius 3 is 2.22 bits per heavy atom. The van der Waals surface area contributed by atoms with Crippen LogP contribution in [0, 0.1) is 0 Å². The van der Waals surface area contributed by atoms with Crippen LogP contribution in [0.5, 0.6) is 5.75 Å². The van der Waals surface area contributed by atoms with E-state index >= 15 is 0 Å². The average molecular weight is 485 g/mol. The van der Waals surface area contributed by atoms with Gasteiger partial charge in [0.15, 0.2) is 0 Å². The summed E-state index contributed by atoms with van der Waals surface area (Å²) in [6.07, 6.45) is 9.18. The highest BCUT2D eigenvalue weighted by molar-refractivity contribution is 5.81. The summed E-state index contributed by atoms with van der Waals surface area (Å²) in [5.74, 6) is 0.969. The summed E-state index contributed by atoms with van der Waals surface area (Å²) in [5, 5.41) is 9.04. The molecule has 1 aliphatic carbocycles. The van der Waals surface area contributed by atoms with Gasteiger partial charge in [-0.1, -0.05) is 86.5 Å². The van der Waals surface area contributed by atoms with Gasteiger partial charge in [-0.25, -0.2) is 4.79 Å². The first-order valence-corrected chi connectivity index (χ1v) is 13.0. The molecule has 0 atom stereocenters. The van der Waals surface area contributed by atoms with Gasteiger partial charge in [-0.05, 0) is 65.5 Å². The predicted molar refractivity (Wildman–Crippen MR) is 145 cm³/mol. The quantitative estimate of drug-likeness (QED) is 0.179. The number of ether oxygens (including phenoxy) is 2. The summed E-state index contributed by atoms with van der Waals surface area (Å²) in [4.78, 5) is 11.4. The van der Waals surface area contributed by atoms with Gasteiger partial charge in [0, 0.05) is 18.2 Å². The van der Waals surface area contributed by atoms with Crippen molar-refractivity contribution < 1.29 is 19.4 Å². The minimum absolute atomic E-state index is 0.186. The van der Waals surface area contributed by atoms with E-state index < -0.39 is 5.97 Å². The zero-order valence-electron chi connectivity index (χ0n) is 21.0. The lowest BCUT2D eigenvalue weighted by Gasteiger charge is -2.23. The Bertz CT molecular complexity index is 1130. The van der Waals surface area contributed by atoms with E-state index in [9.17, 15) is 4.79 Å². The molecule has 0 aromatic heterocycles. The second kappa shape index (κ2) is 13.1. The van der Waals surface area contributed by atoms with E-state index in [0.717, 1.165) is 35.3 Å². The molecule has 0 aliphatic heterocycles. The van der Waals surface area contributed by atoms with Crippen molar-refractivity contribution in [3.63, 3.8) is 0 Å². The third kappa shape index (κ3) is 6.86. The average Bonchev–Trinajstić information content (AvgIpc) is 2.95. The van der Waals surface area contributed by atoms with Crippen LogP contribution < -0.4 is 4.74 Å². The molecule has 0 radical (unpaired) electrons. The van der Waals surface area contributed by atoms with E-state index in [0.29, 0.717) is 12.5 Å². The monoisotopic (exact) mass is 484 g/mol. The fraction of sp³-hybridized carbons (Fsp3) is 0.344. The first-order valence-electron chi connectivity index (χ1n) is 13.0. The number of esters is 1. The molecule has 4 nitrogen and oxygen atoms in total. The number of carbonyl (C=O) groups is 1. The van der Waals surface area contributed by atoms with Crippen molar-refractivity contribution in [3.05, 3.63) is 90.5 Å². The summed E-state index contributed by atoms with van der Waals surface area (Å²) in [7, 11) is 0. The second-order valence-electron chi connectivity index (χ2n) is 9.41. The molecule has 1 aliphatic rings. The fourth-order valence-electron chi connectivity index (χ4n) is 4.93. The molecule has 36 heavy (non-hydrogen) atoms. The van der Waals surface area contributed by atoms with E-state index in [-0.39, 0.29) is 13.2 Å². The zero-order valence-corrected chi connectivity index (χ0v) is 21.0. The van der Waals surface area contributed by atoms with E-state index in [1.807, 2.05) is 0 Å². The smallest absolute Gasteiger partial charge is 0.330 e. The number of aliphatic hydroxyl groups is 1. The van der Waals surface area contributed by atoms with Gasteiger partial charge in [0.1, 0.15) is 19.0 Å². The van der Waals surface area contributed by atoms with Gasteiger partial charge in [-0.15, -0.1) is 0 Å². The summed E-state index contributed by atoms with van der Waals surface area (Å²) in [6, 6.07) is 23.7. The standard InChI is InChI=1S/C32H36O4/c1-2-32(34)36-22-21-35-31-23-29(25-8-4-3-5-9-25)18-19-30(31)28-16-14-27(15-17-28)26-12-10-24(11-13-26)7-6-20-33/h2,10-19,23,25,33H,1,3-9,20-22H2. The summed E-state index contributed by atoms with van der Waals surface area (Å²) >= 11 is 0. The Labute approximate surface area is 214 Å². The molecule has 0 unspecified atom stereocenters. The van der Waals surface area contributed by atoms with E-state index in [2.05, 4.69) is 73.3 Å². The highest BCUT2D eigenvalue weighted by Crippen LogP contribution is 2.38. The summed E-state index contributed by atoms with van der Waals surface area (Å²) in [5.41, 5.74) is 7.02. The topological polar surface area (TPSA) is 55.8 Å². The first-order chi connectivity index (χ1) is 17.7. The van der Waals surface area contributed by atoms with Crippen molar-refractivity contribution in [1.29, 1.82) is 0 Å². The molecule has 3 aromatic rings. The van der Waals surface area contributed by atoms with Crippen LogP contribution in [0.3, 0.4) is 0 Å². The number of aryl methyl sites for hydroxylation is 1. The molecule has 1 N–H and O–H groups in total. The van der Waals surface area contributed by atoms with Crippen molar-refractivity contribution >= 4 is 5.97 Å². The molecule has 0 bridgehead atoms. The van der Waals surface area contributed by atoms with Crippen molar-refractivity contribution in [2.45, 2.75) is 50.9 Å². The maximum Gasteiger partial charge on any atom is 0.330 e. The number of aliphatic hydroxyl groups excluding tert-OH is 1. The Hall–Kier alpha value is -3.37. The van der Waals surface area contributed by atoms with Gasteiger partial charge in [-0.2, -0.15) is 0 Å². The molecular weight excluding hydrogens is 448 g/mol. The predicted octanol–water partition coefficient (Wildman–Crippen LogP) is 7.10. The first kappa shape index (κ1) is 25.7. The number of benzene rings is 3. The molecule has 0 heterocycles. The van der Waals surface area contributed by atoms with Crippen LogP contribution >= 0.6 is 0 Å². The molecular formula is C32H36O4. The lowest BCUT2D eigenvalue weighted by atomic mass is 9.83. The molecule has 0 saturated heterocycles. The second-order valence-corrected chi connectivity index (χ2v) is 9.41. The molecule has 0 spiro atoms. The van der Waals surface area contributed by atoms with E-state index in [4.69, 9.17) is 14.6 Å². The Balaban J connectivity index is 1.53. The van der Waals surface area contributed by atoms with Gasteiger partial charge in [0.25, 0.3) is 0 Å². The van der Waals surface area contributed by atoms with Crippen LogP contribution in [-0.4, -0.2) is 30.9 Å². The third-order valence-electron chi connectivity index (χ3n) is 6.94. The third-order valence-corrected chi connectivity index (χ3v) is 6.94. The maximum atomic E-state index is 11.4. The lowest BCUT2D eigenvalue weighted by Crippen LogP contribution is -2.11. The van der Waals surface area contributed by atoms with Crippen LogP contribution in [0.2, 0.25) is 0 Å². The van der Waals surface area contributed by atoms with Gasteiger partial charge in [-0.3, -0.25) is 0 Å². The van der Waals surface area contributed by atoms with Crippen molar-refractivity contribution in [1.82, 2.24) is 0 Å². The molecule has 3 aromatic carbocycles. The van der Waals surface area contributed by atoms with Gasteiger partial charge < -0.3 is 14.6 Å². The number of hydrogen-bond donors (Lipinski definition) is 1. The molecule has 1 fully saturated rings. The van der Waals surface area contributed by atoms with Crippen LogP contribution in [0.1, 0.15) is 55.6 Å². The van der Waals surface area contributed by atoms with E-state index in [1.165, 1.54) is 54.9 Å². The van der Waals surface area contributed by atoms with Crippen LogP contribution in [0.4, 0.5) is 0 Å². The number of rotatable bonds is 11. The normalized spacial score (nSPS) is 13.8. The lowest BCUT2D eigenvalue weighted by molar-refractivity contribution is -0.138. The SMILES string of the molecule is C=CC(=O)OCCOc1cc(C2CCCCC2)ccc1-c1ccc(-c2ccc(CCCO)cc2)cc1. The fourth-order valence-corrected chi connectivity index (χ4v) is 4.93. The highest BCUT2D eigenvalue weighted by Gasteiger charge is 2.18. The van der Waals surface area contributed by atoms with Crippen LogP contribution in [0.25, 0.3) is 22.3 Å². The highest BCUT2D eigenvalue weighted by atomic mass is 16.6. The maximum absolute atomic E-state index is 11.4. The van der Waals surface area contributed by atoms with E-state index in [1.54, 1.807) is 0 Å². The van der Waals surface area contributed by atoms with Gasteiger partial charge in [0.05, 0.1) is 0 Å². The minimum Gasteiger partial charge on any atom is -0.489 e. The molecule has 4 heteroatoms. The van der Waals surface area contributed by atoms with Crippen LogP contribution in [-0.2, 0) is 16.0 Å². The Morgan fingerprint density at radius 1 is 0.889 bits per heavy atom. The summed E-state index contributed by atoms with van der Waals surface area (Å²) in [6.45, 7) is 4.13. The largest absolute Gasteiger partial charge is 0.489 e. The minimum atomic E-state index is -0.438. The van der Waals surface area contributed by atoms with Gasteiger partial charge in [0.2, 0.25) is 0 Å². The van der Waals surface area contributed by atoms with Crippen molar-refractivity contribution in [2.24, 2.45) is 0 Å². The molecule has 4 rings (SSSR count). The Kier molecular flexibility index (Phi) is 9.34. The number of hydrogen-bond acceptors (Lipinski definition) is 4. The van der Waals surface area contributed by atoms with Crippen molar-refractivity contribution in [2.75, 3.05) is 19.8 Å². The number of carbonyl (C=O) groups excluding carboxylic acids is 1. The van der Waals surface area contributed by atoms with Gasteiger partial charge >= 0.3 is 5.97 Å². The Morgan fingerprint density at radius 2 is 1.56 bits per heavy atom. The van der Waals surface area contributed by atoms with Crippen LogP contribution in [0.15, 0.2) is 79.4 Å².